The van der Waals surface area contributed by atoms with E-state index in [0.29, 0.717) is 18.1 Å². The van der Waals surface area contributed by atoms with Crippen molar-refractivity contribution in [3.63, 3.8) is 0 Å². The average molecular weight is 423 g/mol. The van der Waals surface area contributed by atoms with Gasteiger partial charge >= 0.3 is 0 Å². The first kappa shape index (κ1) is 18.8. The zero-order chi connectivity index (χ0) is 19.1. The Hall–Kier alpha value is -2.99. The lowest BCUT2D eigenvalue weighted by Gasteiger charge is -2.12. The molecule has 3 rings (SSSR count). The molecule has 2 aromatic carbocycles. The summed E-state index contributed by atoms with van der Waals surface area (Å²) in [5.41, 5.74) is 3.54. The second-order valence-corrected chi connectivity index (χ2v) is 6.89. The predicted molar refractivity (Wildman–Crippen MR) is 112 cm³/mol. The summed E-state index contributed by atoms with van der Waals surface area (Å²) < 4.78 is 0.920. The third kappa shape index (κ3) is 5.76. The second kappa shape index (κ2) is 9.09. The molecule has 0 saturated heterocycles. The topological polar surface area (TPSA) is 66.4 Å². The standard InChI is InChI=1S/C21H19BrN4O/c1-15-3-2-4-19(13-15)25-21(24-14-16-9-11-23-12-10-16)26-20(27)17-5-7-18(22)8-6-17/h2-13H,14H2,1H3,(H2,24,25,26,27). The van der Waals surface area contributed by atoms with Gasteiger partial charge in [-0.1, -0.05) is 28.1 Å². The number of aryl methyl sites for hydroxylation is 1. The van der Waals surface area contributed by atoms with E-state index in [1.165, 1.54) is 0 Å². The van der Waals surface area contributed by atoms with E-state index in [4.69, 9.17) is 0 Å². The molecule has 1 heterocycles. The number of benzene rings is 2. The van der Waals surface area contributed by atoms with E-state index in [1.54, 1.807) is 24.5 Å². The molecule has 0 spiro atoms. The van der Waals surface area contributed by atoms with Crippen molar-refractivity contribution in [2.75, 3.05) is 5.32 Å². The number of amides is 1. The predicted octanol–water partition coefficient (Wildman–Crippen LogP) is 4.55. The van der Waals surface area contributed by atoms with Crippen LogP contribution >= 0.6 is 15.9 Å². The van der Waals surface area contributed by atoms with E-state index < -0.39 is 0 Å². The zero-order valence-corrected chi connectivity index (χ0v) is 16.4. The minimum atomic E-state index is -0.226. The van der Waals surface area contributed by atoms with Crippen LogP contribution in [0.2, 0.25) is 0 Å². The van der Waals surface area contributed by atoms with Gasteiger partial charge in [0.1, 0.15) is 0 Å². The molecule has 0 fully saturated rings. The molecule has 0 aliphatic rings. The quantitative estimate of drug-likeness (QED) is 0.478. The van der Waals surface area contributed by atoms with Crippen molar-refractivity contribution in [1.82, 2.24) is 10.3 Å². The number of hydrogen-bond acceptors (Lipinski definition) is 3. The number of anilines is 1. The van der Waals surface area contributed by atoms with Crippen molar-refractivity contribution in [3.05, 3.63) is 94.2 Å². The maximum absolute atomic E-state index is 12.6. The zero-order valence-electron chi connectivity index (χ0n) is 14.8. The van der Waals surface area contributed by atoms with Gasteiger partial charge in [-0.2, -0.15) is 0 Å². The number of aliphatic imine (C=N–C) groups is 1. The van der Waals surface area contributed by atoms with Crippen LogP contribution in [0.25, 0.3) is 0 Å². The molecule has 5 nitrogen and oxygen atoms in total. The lowest BCUT2D eigenvalue weighted by atomic mass is 10.2. The van der Waals surface area contributed by atoms with Gasteiger partial charge < -0.3 is 5.32 Å². The minimum absolute atomic E-state index is 0.226. The van der Waals surface area contributed by atoms with Crippen LogP contribution in [0.4, 0.5) is 5.69 Å². The Bertz CT molecular complexity index is 940. The first-order chi connectivity index (χ1) is 13.1. The Morgan fingerprint density at radius 1 is 1.07 bits per heavy atom. The Balaban J connectivity index is 1.79. The Labute approximate surface area is 166 Å². The maximum Gasteiger partial charge on any atom is 0.257 e. The van der Waals surface area contributed by atoms with Crippen LogP contribution < -0.4 is 10.6 Å². The van der Waals surface area contributed by atoms with Crippen molar-refractivity contribution in [2.24, 2.45) is 4.99 Å². The number of rotatable bonds is 4. The molecule has 3 aromatic rings. The summed E-state index contributed by atoms with van der Waals surface area (Å²) in [6, 6.07) is 18.9. The number of guanidine groups is 1. The largest absolute Gasteiger partial charge is 0.326 e. The first-order valence-electron chi connectivity index (χ1n) is 8.44. The Morgan fingerprint density at radius 2 is 1.81 bits per heavy atom. The summed E-state index contributed by atoms with van der Waals surface area (Å²) in [4.78, 5) is 21.1. The van der Waals surface area contributed by atoms with Crippen LogP contribution in [0.15, 0.2) is 82.5 Å². The fraction of sp³-hybridized carbons (Fsp3) is 0.0952. The van der Waals surface area contributed by atoms with Crippen molar-refractivity contribution in [3.8, 4) is 0 Å². The van der Waals surface area contributed by atoms with Crippen LogP contribution in [0.1, 0.15) is 21.5 Å². The molecular formula is C21H19BrN4O. The van der Waals surface area contributed by atoms with Gasteiger partial charge in [-0.15, -0.1) is 0 Å². The minimum Gasteiger partial charge on any atom is -0.326 e. The Morgan fingerprint density at radius 3 is 2.52 bits per heavy atom. The third-order valence-corrected chi connectivity index (χ3v) is 4.32. The van der Waals surface area contributed by atoms with Gasteiger partial charge in [0.15, 0.2) is 0 Å². The summed E-state index contributed by atoms with van der Waals surface area (Å²) in [6.45, 7) is 2.44. The first-order valence-corrected chi connectivity index (χ1v) is 9.23. The number of halogens is 1. The number of nitrogens with one attached hydrogen (secondary N) is 2. The van der Waals surface area contributed by atoms with Gasteiger partial charge in [0, 0.05) is 28.1 Å². The molecule has 1 amide bonds. The van der Waals surface area contributed by atoms with Crippen LogP contribution in [-0.2, 0) is 6.54 Å². The summed E-state index contributed by atoms with van der Waals surface area (Å²) in [5, 5.41) is 6.06. The van der Waals surface area contributed by atoms with Crippen molar-refractivity contribution >= 4 is 33.5 Å². The second-order valence-electron chi connectivity index (χ2n) is 5.98. The molecule has 0 radical (unpaired) electrons. The highest BCUT2D eigenvalue weighted by Gasteiger charge is 2.09. The van der Waals surface area contributed by atoms with Gasteiger partial charge in [-0.05, 0) is 66.6 Å². The molecular weight excluding hydrogens is 404 g/mol. The van der Waals surface area contributed by atoms with Crippen molar-refractivity contribution < 1.29 is 4.79 Å². The lowest BCUT2D eigenvalue weighted by molar-refractivity contribution is 0.0977. The average Bonchev–Trinajstić information content (AvgIpc) is 2.67. The molecule has 0 saturated carbocycles. The maximum atomic E-state index is 12.6. The van der Waals surface area contributed by atoms with Crippen LogP contribution in [0.3, 0.4) is 0 Å². The normalized spacial score (nSPS) is 11.1. The van der Waals surface area contributed by atoms with Gasteiger partial charge in [0.2, 0.25) is 5.96 Å². The summed E-state index contributed by atoms with van der Waals surface area (Å²) >= 11 is 3.37. The van der Waals surface area contributed by atoms with E-state index in [0.717, 1.165) is 21.3 Å². The van der Waals surface area contributed by atoms with E-state index >= 15 is 0 Å². The molecule has 1 aromatic heterocycles. The molecule has 0 unspecified atom stereocenters. The summed E-state index contributed by atoms with van der Waals surface area (Å²) in [5.74, 6) is 0.168. The van der Waals surface area contributed by atoms with Gasteiger partial charge in [-0.3, -0.25) is 15.1 Å². The number of aromatic nitrogens is 1. The van der Waals surface area contributed by atoms with E-state index in [9.17, 15) is 4.79 Å². The number of nitrogens with zero attached hydrogens (tertiary/aromatic N) is 2. The molecule has 136 valence electrons. The summed E-state index contributed by atoms with van der Waals surface area (Å²) in [6.07, 6.45) is 3.44. The SMILES string of the molecule is Cc1cccc(NC(=NCc2ccncc2)NC(=O)c2ccc(Br)cc2)c1. The van der Waals surface area contributed by atoms with Crippen LogP contribution in [-0.4, -0.2) is 16.9 Å². The number of hydrogen-bond donors (Lipinski definition) is 2. The molecule has 0 bridgehead atoms. The third-order valence-electron chi connectivity index (χ3n) is 3.79. The highest BCUT2D eigenvalue weighted by atomic mass is 79.9. The van der Waals surface area contributed by atoms with E-state index in [-0.39, 0.29) is 5.91 Å². The van der Waals surface area contributed by atoms with Crippen molar-refractivity contribution in [1.29, 1.82) is 0 Å². The van der Waals surface area contributed by atoms with Crippen molar-refractivity contribution in [2.45, 2.75) is 13.5 Å². The summed E-state index contributed by atoms with van der Waals surface area (Å²) in [7, 11) is 0. The monoisotopic (exact) mass is 422 g/mol. The smallest absolute Gasteiger partial charge is 0.257 e. The lowest BCUT2D eigenvalue weighted by Crippen LogP contribution is -2.36. The molecule has 2 N–H and O–H groups in total. The molecule has 27 heavy (non-hydrogen) atoms. The highest BCUT2D eigenvalue weighted by molar-refractivity contribution is 9.10. The van der Waals surface area contributed by atoms with Crippen LogP contribution in [0, 0.1) is 6.92 Å². The van der Waals surface area contributed by atoms with Gasteiger partial charge in [0.05, 0.1) is 6.54 Å². The fourth-order valence-electron chi connectivity index (χ4n) is 2.41. The molecule has 0 atom stereocenters. The van der Waals surface area contributed by atoms with Gasteiger partial charge in [0.25, 0.3) is 5.91 Å². The van der Waals surface area contributed by atoms with E-state index in [2.05, 4.69) is 36.5 Å². The number of pyridine rings is 1. The van der Waals surface area contributed by atoms with Crippen LogP contribution in [0.5, 0.6) is 0 Å². The van der Waals surface area contributed by atoms with Gasteiger partial charge in [-0.25, -0.2) is 4.99 Å². The number of carbonyl (C=O) groups is 1. The fourth-order valence-corrected chi connectivity index (χ4v) is 2.67. The Kier molecular flexibility index (Phi) is 6.33. The molecule has 0 aliphatic heterocycles. The molecule has 0 aliphatic carbocycles. The molecule has 6 heteroatoms. The highest BCUT2D eigenvalue weighted by Crippen LogP contribution is 2.12. The number of carbonyl (C=O) groups excluding carboxylic acids is 1. The van der Waals surface area contributed by atoms with E-state index in [1.807, 2.05) is 55.5 Å².